The minimum atomic E-state index is -0.00178. The lowest BCUT2D eigenvalue weighted by molar-refractivity contribution is 0.0531. The van der Waals surface area contributed by atoms with Crippen molar-refractivity contribution in [3.8, 4) is 5.75 Å². The van der Waals surface area contributed by atoms with Crippen molar-refractivity contribution in [2.24, 2.45) is 4.99 Å². The van der Waals surface area contributed by atoms with Gasteiger partial charge in [-0.2, -0.15) is 0 Å². The van der Waals surface area contributed by atoms with E-state index in [4.69, 9.17) is 14.5 Å². The number of aliphatic imine (C=N–C) groups is 1. The number of aromatic nitrogens is 1. The predicted octanol–water partition coefficient (Wildman–Crippen LogP) is 3.56. The van der Waals surface area contributed by atoms with Crippen LogP contribution in [0.1, 0.15) is 42.1 Å². The Balaban J connectivity index is 1.67. The van der Waals surface area contributed by atoms with E-state index in [1.165, 1.54) is 15.4 Å². The molecule has 1 aliphatic heterocycles. The van der Waals surface area contributed by atoms with Crippen molar-refractivity contribution >= 4 is 17.3 Å². The summed E-state index contributed by atoms with van der Waals surface area (Å²) in [5.41, 5.74) is 1.30. The number of hydrogen-bond acceptors (Lipinski definition) is 5. The third-order valence-corrected chi connectivity index (χ3v) is 6.82. The Labute approximate surface area is 184 Å². The van der Waals surface area contributed by atoms with E-state index in [0.29, 0.717) is 0 Å². The quantitative estimate of drug-likeness (QED) is 0.470. The van der Waals surface area contributed by atoms with Gasteiger partial charge < -0.3 is 20.1 Å². The third kappa shape index (κ3) is 5.95. The standard InChI is InChI=1S/C23H34N4O2S/c1-4-20-16-26-21(30-20)10-13-25-22(24-5-2)27-17-23(11-14-29-15-12-23)18-6-8-19(28-3)9-7-18/h6-9,16H,4-5,10-15,17H2,1-3H3,(H2,24,25,27). The monoisotopic (exact) mass is 430 g/mol. The zero-order chi connectivity index (χ0) is 21.2. The number of benzene rings is 1. The Morgan fingerprint density at radius 1 is 1.20 bits per heavy atom. The molecule has 0 bridgehead atoms. The van der Waals surface area contributed by atoms with Crippen LogP contribution in [0.2, 0.25) is 0 Å². The maximum atomic E-state index is 5.66. The fraction of sp³-hybridized carbons (Fsp3) is 0.565. The molecule has 0 atom stereocenters. The molecular formula is C23H34N4O2S. The SMILES string of the molecule is CCNC(=NCC1(c2ccc(OC)cc2)CCOCC1)NCCc1ncc(CC)s1. The number of guanidine groups is 1. The Hall–Kier alpha value is -2.12. The lowest BCUT2D eigenvalue weighted by atomic mass is 9.74. The van der Waals surface area contributed by atoms with Crippen molar-refractivity contribution in [1.29, 1.82) is 0 Å². The highest BCUT2D eigenvalue weighted by Crippen LogP contribution is 2.36. The summed E-state index contributed by atoms with van der Waals surface area (Å²) in [4.78, 5) is 10.8. The molecule has 2 aromatic rings. The normalized spacial score (nSPS) is 16.3. The van der Waals surface area contributed by atoms with Gasteiger partial charge in [0, 0.05) is 49.2 Å². The van der Waals surface area contributed by atoms with E-state index >= 15 is 0 Å². The van der Waals surface area contributed by atoms with Gasteiger partial charge in [0.05, 0.1) is 18.7 Å². The lowest BCUT2D eigenvalue weighted by Gasteiger charge is -2.36. The smallest absolute Gasteiger partial charge is 0.191 e. The van der Waals surface area contributed by atoms with E-state index in [1.807, 2.05) is 18.3 Å². The molecule has 6 nitrogen and oxygen atoms in total. The number of methoxy groups -OCH3 is 1. The molecule has 2 heterocycles. The molecule has 1 aromatic heterocycles. The molecular weight excluding hydrogens is 396 g/mol. The van der Waals surface area contributed by atoms with E-state index in [-0.39, 0.29) is 5.41 Å². The fourth-order valence-electron chi connectivity index (χ4n) is 3.73. The van der Waals surface area contributed by atoms with E-state index in [1.54, 1.807) is 18.4 Å². The first-order valence-corrected chi connectivity index (χ1v) is 11.7. The van der Waals surface area contributed by atoms with Crippen LogP contribution in [0.5, 0.6) is 5.75 Å². The maximum absolute atomic E-state index is 5.66. The number of thiazole rings is 1. The van der Waals surface area contributed by atoms with E-state index in [2.05, 4.69) is 41.6 Å². The molecule has 1 aromatic carbocycles. The third-order valence-electron chi connectivity index (χ3n) is 5.62. The van der Waals surface area contributed by atoms with Gasteiger partial charge in [-0.05, 0) is 43.9 Å². The minimum absolute atomic E-state index is 0.00178. The fourth-order valence-corrected chi connectivity index (χ4v) is 4.59. The average molecular weight is 431 g/mol. The van der Waals surface area contributed by atoms with Crippen LogP contribution in [0.15, 0.2) is 35.5 Å². The van der Waals surface area contributed by atoms with Gasteiger partial charge in [0.15, 0.2) is 5.96 Å². The van der Waals surface area contributed by atoms with Gasteiger partial charge in [-0.25, -0.2) is 4.98 Å². The summed E-state index contributed by atoms with van der Waals surface area (Å²) >= 11 is 1.80. The minimum Gasteiger partial charge on any atom is -0.497 e. The first-order valence-electron chi connectivity index (χ1n) is 10.9. The van der Waals surface area contributed by atoms with E-state index in [0.717, 1.165) is 70.2 Å². The van der Waals surface area contributed by atoms with Gasteiger partial charge in [-0.15, -0.1) is 11.3 Å². The van der Waals surface area contributed by atoms with Crippen molar-refractivity contribution in [3.63, 3.8) is 0 Å². The Bertz CT molecular complexity index is 798. The number of nitrogens with zero attached hydrogens (tertiary/aromatic N) is 2. The number of aryl methyl sites for hydroxylation is 1. The van der Waals surface area contributed by atoms with Crippen LogP contribution in [0.4, 0.5) is 0 Å². The second-order valence-electron chi connectivity index (χ2n) is 7.57. The molecule has 2 N–H and O–H groups in total. The summed E-state index contributed by atoms with van der Waals surface area (Å²) < 4.78 is 11.0. The Morgan fingerprint density at radius 2 is 1.97 bits per heavy atom. The van der Waals surface area contributed by atoms with Crippen LogP contribution in [-0.2, 0) is 23.0 Å². The summed E-state index contributed by atoms with van der Waals surface area (Å²) in [6.07, 6.45) is 5.89. The van der Waals surface area contributed by atoms with E-state index < -0.39 is 0 Å². The second-order valence-corrected chi connectivity index (χ2v) is 8.77. The van der Waals surface area contributed by atoms with Crippen LogP contribution < -0.4 is 15.4 Å². The number of nitrogens with one attached hydrogen (secondary N) is 2. The molecule has 1 fully saturated rings. The number of ether oxygens (including phenoxy) is 2. The van der Waals surface area contributed by atoms with Crippen molar-refractivity contribution in [1.82, 2.24) is 15.6 Å². The highest BCUT2D eigenvalue weighted by atomic mass is 32.1. The molecule has 0 radical (unpaired) electrons. The van der Waals surface area contributed by atoms with Crippen LogP contribution in [0.3, 0.4) is 0 Å². The van der Waals surface area contributed by atoms with Crippen LogP contribution in [-0.4, -0.2) is 50.9 Å². The molecule has 0 spiro atoms. The molecule has 0 unspecified atom stereocenters. The highest BCUT2D eigenvalue weighted by molar-refractivity contribution is 7.11. The average Bonchev–Trinajstić information content (AvgIpc) is 3.26. The molecule has 3 rings (SSSR count). The molecule has 164 valence electrons. The second kappa shape index (κ2) is 11.3. The van der Waals surface area contributed by atoms with Crippen LogP contribution >= 0.6 is 11.3 Å². The Morgan fingerprint density at radius 3 is 2.60 bits per heavy atom. The van der Waals surface area contributed by atoms with Crippen LogP contribution in [0, 0.1) is 0 Å². The van der Waals surface area contributed by atoms with Crippen molar-refractivity contribution in [2.45, 2.75) is 44.9 Å². The molecule has 7 heteroatoms. The zero-order valence-electron chi connectivity index (χ0n) is 18.4. The highest BCUT2D eigenvalue weighted by Gasteiger charge is 2.34. The topological polar surface area (TPSA) is 67.8 Å². The maximum Gasteiger partial charge on any atom is 0.191 e. The van der Waals surface area contributed by atoms with Gasteiger partial charge in [0.1, 0.15) is 5.75 Å². The summed E-state index contributed by atoms with van der Waals surface area (Å²) in [6.45, 7) is 8.20. The van der Waals surface area contributed by atoms with Crippen LogP contribution in [0.25, 0.3) is 0 Å². The summed E-state index contributed by atoms with van der Waals surface area (Å²) in [7, 11) is 1.70. The lowest BCUT2D eigenvalue weighted by Crippen LogP contribution is -2.41. The molecule has 1 saturated heterocycles. The van der Waals surface area contributed by atoms with Gasteiger partial charge in [-0.3, -0.25) is 4.99 Å². The van der Waals surface area contributed by atoms with Crippen molar-refractivity contribution < 1.29 is 9.47 Å². The van der Waals surface area contributed by atoms with Gasteiger partial charge >= 0.3 is 0 Å². The largest absolute Gasteiger partial charge is 0.497 e. The summed E-state index contributed by atoms with van der Waals surface area (Å²) in [5.74, 6) is 1.75. The molecule has 0 saturated carbocycles. The molecule has 0 amide bonds. The number of rotatable bonds is 9. The molecule has 0 aliphatic carbocycles. The van der Waals surface area contributed by atoms with Crippen molar-refractivity contribution in [3.05, 3.63) is 45.9 Å². The summed E-state index contributed by atoms with van der Waals surface area (Å²) in [6, 6.07) is 8.43. The molecule has 1 aliphatic rings. The Kier molecular flexibility index (Phi) is 8.51. The van der Waals surface area contributed by atoms with E-state index in [9.17, 15) is 0 Å². The first kappa shape index (κ1) is 22.6. The molecule has 30 heavy (non-hydrogen) atoms. The zero-order valence-corrected chi connectivity index (χ0v) is 19.2. The predicted molar refractivity (Wildman–Crippen MR) is 124 cm³/mol. The number of hydrogen-bond donors (Lipinski definition) is 2. The summed E-state index contributed by atoms with van der Waals surface area (Å²) in [5, 5.41) is 8.03. The van der Waals surface area contributed by atoms with Crippen molar-refractivity contribution in [2.75, 3.05) is 40.0 Å². The first-order chi connectivity index (χ1) is 14.7. The van der Waals surface area contributed by atoms with Gasteiger partial charge in [0.25, 0.3) is 0 Å². The van der Waals surface area contributed by atoms with Gasteiger partial charge in [0.2, 0.25) is 0 Å². The van der Waals surface area contributed by atoms with Gasteiger partial charge in [-0.1, -0.05) is 19.1 Å².